The first kappa shape index (κ1) is 19.6. The fourth-order valence-electron chi connectivity index (χ4n) is 3.77. The summed E-state index contributed by atoms with van der Waals surface area (Å²) in [7, 11) is 0. The van der Waals surface area contributed by atoms with Gasteiger partial charge in [0.2, 0.25) is 0 Å². The number of rotatable bonds is 6. The summed E-state index contributed by atoms with van der Waals surface area (Å²) < 4.78 is 19.2. The minimum Gasteiger partial charge on any atom is -0.480 e. The first-order valence-corrected chi connectivity index (χ1v) is 9.47. The molecule has 1 atom stereocenters. The lowest BCUT2D eigenvalue weighted by Crippen LogP contribution is -2.43. The number of carboxylic acids is 1. The molecule has 1 amide bonds. The van der Waals surface area contributed by atoms with E-state index in [2.05, 4.69) is 10.3 Å². The molecule has 0 saturated carbocycles. The van der Waals surface area contributed by atoms with E-state index in [4.69, 9.17) is 4.74 Å². The highest BCUT2D eigenvalue weighted by molar-refractivity contribution is 5.81. The zero-order valence-electron chi connectivity index (χ0n) is 15.9. The maximum atomic E-state index is 13.8. The number of alkyl carbamates (subject to hydrolysis) is 1. The van der Waals surface area contributed by atoms with Crippen LogP contribution in [-0.2, 0) is 16.0 Å². The van der Waals surface area contributed by atoms with Gasteiger partial charge in [0.1, 0.15) is 18.5 Å². The maximum Gasteiger partial charge on any atom is 0.407 e. The van der Waals surface area contributed by atoms with Crippen LogP contribution in [0.4, 0.5) is 9.18 Å². The van der Waals surface area contributed by atoms with Gasteiger partial charge < -0.3 is 15.2 Å². The van der Waals surface area contributed by atoms with E-state index in [0.29, 0.717) is 0 Å². The quantitative estimate of drug-likeness (QED) is 0.651. The van der Waals surface area contributed by atoms with Gasteiger partial charge in [-0.15, -0.1) is 0 Å². The van der Waals surface area contributed by atoms with Gasteiger partial charge in [0.05, 0.1) is 6.20 Å². The van der Waals surface area contributed by atoms with Gasteiger partial charge in [-0.1, -0.05) is 48.5 Å². The Morgan fingerprint density at radius 1 is 1.07 bits per heavy atom. The Balaban J connectivity index is 1.44. The third-order valence-electron chi connectivity index (χ3n) is 5.21. The summed E-state index contributed by atoms with van der Waals surface area (Å²) in [4.78, 5) is 27.5. The van der Waals surface area contributed by atoms with Gasteiger partial charge in [-0.25, -0.2) is 14.0 Å². The Morgan fingerprint density at radius 2 is 1.70 bits per heavy atom. The summed E-state index contributed by atoms with van der Waals surface area (Å²) in [6.45, 7) is 0.0653. The first-order chi connectivity index (χ1) is 14.5. The summed E-state index contributed by atoms with van der Waals surface area (Å²) in [5.41, 5.74) is 4.45. The molecule has 0 bridgehead atoms. The number of ether oxygens (including phenoxy) is 1. The van der Waals surface area contributed by atoms with Crippen molar-refractivity contribution in [3.05, 3.63) is 89.5 Å². The predicted molar refractivity (Wildman–Crippen MR) is 108 cm³/mol. The van der Waals surface area contributed by atoms with E-state index < -0.39 is 23.9 Å². The highest BCUT2D eigenvalue weighted by atomic mass is 19.1. The van der Waals surface area contributed by atoms with Crippen molar-refractivity contribution in [3.8, 4) is 11.1 Å². The Kier molecular flexibility index (Phi) is 5.43. The van der Waals surface area contributed by atoms with Crippen LogP contribution in [-0.4, -0.2) is 34.8 Å². The van der Waals surface area contributed by atoms with Crippen LogP contribution in [0.2, 0.25) is 0 Å². The number of carbonyl (C=O) groups excluding carboxylic acids is 1. The molecule has 0 saturated heterocycles. The van der Waals surface area contributed by atoms with Crippen LogP contribution < -0.4 is 5.32 Å². The number of pyridine rings is 1. The Morgan fingerprint density at radius 3 is 2.30 bits per heavy atom. The third kappa shape index (κ3) is 3.87. The van der Waals surface area contributed by atoms with Crippen LogP contribution >= 0.6 is 0 Å². The number of aliphatic carboxylic acids is 1. The van der Waals surface area contributed by atoms with Crippen molar-refractivity contribution in [1.29, 1.82) is 0 Å². The number of halogens is 1. The molecule has 0 fully saturated rings. The smallest absolute Gasteiger partial charge is 0.407 e. The highest BCUT2D eigenvalue weighted by Gasteiger charge is 2.30. The fraction of sp³-hybridized carbons (Fsp3) is 0.174. The van der Waals surface area contributed by atoms with Crippen LogP contribution in [0.25, 0.3) is 11.1 Å². The average molecular weight is 406 g/mol. The molecule has 1 aliphatic rings. The Labute approximate surface area is 172 Å². The molecule has 2 aromatic carbocycles. The van der Waals surface area contributed by atoms with Crippen LogP contribution in [0.5, 0.6) is 0 Å². The summed E-state index contributed by atoms with van der Waals surface area (Å²) in [6, 6.07) is 15.9. The topological polar surface area (TPSA) is 88.5 Å². The second-order valence-electron chi connectivity index (χ2n) is 7.03. The van der Waals surface area contributed by atoms with Crippen molar-refractivity contribution in [3.63, 3.8) is 0 Å². The van der Waals surface area contributed by atoms with E-state index >= 15 is 0 Å². The number of fused-ring (bicyclic) bond motifs is 3. The van der Waals surface area contributed by atoms with Gasteiger partial charge in [-0.3, -0.25) is 4.98 Å². The molecule has 1 aliphatic carbocycles. The molecule has 4 rings (SSSR count). The van der Waals surface area contributed by atoms with Gasteiger partial charge in [0.25, 0.3) is 0 Å². The number of nitrogens with zero attached hydrogens (tertiary/aromatic N) is 1. The van der Waals surface area contributed by atoms with Crippen LogP contribution in [0, 0.1) is 5.82 Å². The van der Waals surface area contributed by atoms with Crippen molar-refractivity contribution in [2.45, 2.75) is 18.4 Å². The number of carboxylic acid groups (broad SMARTS) is 1. The van der Waals surface area contributed by atoms with Gasteiger partial charge in [-0.2, -0.15) is 0 Å². The van der Waals surface area contributed by atoms with Crippen molar-refractivity contribution >= 4 is 12.1 Å². The number of aromatic nitrogens is 1. The van der Waals surface area contributed by atoms with Gasteiger partial charge >= 0.3 is 12.1 Å². The molecular formula is C23H19FN2O4. The maximum absolute atomic E-state index is 13.8. The van der Waals surface area contributed by atoms with Gasteiger partial charge in [0, 0.05) is 18.5 Å². The van der Waals surface area contributed by atoms with E-state index in [-0.39, 0.29) is 24.5 Å². The van der Waals surface area contributed by atoms with Gasteiger partial charge in [-0.05, 0) is 33.9 Å². The number of nitrogens with one attached hydrogen (secondary N) is 1. The van der Waals surface area contributed by atoms with E-state index in [0.717, 1.165) is 28.5 Å². The standard InChI is InChI=1S/C23H19FN2O4/c24-20-12-25-10-9-14(20)11-21(22(27)28)26-23(29)30-13-19-17-7-3-1-5-15(17)16-6-2-4-8-18(16)19/h1-10,12,19,21H,11,13H2,(H,26,29)(H,27,28). The molecule has 0 radical (unpaired) electrons. The molecule has 0 aliphatic heterocycles. The fourth-order valence-corrected chi connectivity index (χ4v) is 3.77. The highest BCUT2D eigenvalue weighted by Crippen LogP contribution is 2.44. The van der Waals surface area contributed by atoms with Crippen molar-refractivity contribution in [2.24, 2.45) is 0 Å². The monoisotopic (exact) mass is 406 g/mol. The number of hydrogen-bond donors (Lipinski definition) is 2. The number of carbonyl (C=O) groups is 2. The number of amides is 1. The molecule has 152 valence electrons. The van der Waals surface area contributed by atoms with Crippen molar-refractivity contribution in [1.82, 2.24) is 10.3 Å². The van der Waals surface area contributed by atoms with E-state index in [9.17, 15) is 19.1 Å². The zero-order valence-corrected chi connectivity index (χ0v) is 15.9. The second kappa shape index (κ2) is 8.32. The molecule has 1 aromatic heterocycles. The second-order valence-corrected chi connectivity index (χ2v) is 7.03. The normalized spacial score (nSPS) is 13.2. The van der Waals surface area contributed by atoms with Crippen LogP contribution in [0.3, 0.4) is 0 Å². The lowest BCUT2D eigenvalue weighted by atomic mass is 9.98. The molecule has 0 spiro atoms. The van der Waals surface area contributed by atoms with Crippen LogP contribution in [0.15, 0.2) is 67.0 Å². The predicted octanol–water partition coefficient (Wildman–Crippen LogP) is 3.76. The van der Waals surface area contributed by atoms with Gasteiger partial charge in [0.15, 0.2) is 0 Å². The van der Waals surface area contributed by atoms with Crippen LogP contribution in [0.1, 0.15) is 22.6 Å². The molecule has 30 heavy (non-hydrogen) atoms. The SMILES string of the molecule is O=C(NC(Cc1ccncc1F)C(=O)O)OCC1c2ccccc2-c2ccccc21. The van der Waals surface area contributed by atoms with Crippen molar-refractivity contribution < 1.29 is 23.8 Å². The molecule has 3 aromatic rings. The number of hydrogen-bond acceptors (Lipinski definition) is 4. The van der Waals surface area contributed by atoms with E-state index in [1.807, 2.05) is 48.5 Å². The minimum atomic E-state index is -1.32. The molecule has 1 heterocycles. The lowest BCUT2D eigenvalue weighted by Gasteiger charge is -2.17. The average Bonchev–Trinajstić information content (AvgIpc) is 3.07. The summed E-state index contributed by atoms with van der Waals surface area (Å²) in [5, 5.41) is 11.7. The lowest BCUT2D eigenvalue weighted by molar-refractivity contribution is -0.139. The molecule has 7 heteroatoms. The largest absolute Gasteiger partial charge is 0.480 e. The molecule has 1 unspecified atom stereocenters. The zero-order chi connectivity index (χ0) is 21.1. The summed E-state index contributed by atoms with van der Waals surface area (Å²) >= 11 is 0. The van der Waals surface area contributed by atoms with Crippen molar-refractivity contribution in [2.75, 3.05) is 6.61 Å². The molecular weight excluding hydrogens is 387 g/mol. The minimum absolute atomic E-state index is 0.0653. The number of benzene rings is 2. The molecule has 2 N–H and O–H groups in total. The molecule has 6 nitrogen and oxygen atoms in total. The first-order valence-electron chi connectivity index (χ1n) is 9.47. The summed E-state index contributed by atoms with van der Waals surface area (Å²) in [5.74, 6) is -2.04. The van der Waals surface area contributed by atoms with E-state index in [1.54, 1.807) is 0 Å². The Hall–Kier alpha value is -3.74. The summed E-state index contributed by atoms with van der Waals surface area (Å²) in [6.07, 6.45) is 1.29. The van der Waals surface area contributed by atoms with E-state index in [1.165, 1.54) is 12.3 Å². The third-order valence-corrected chi connectivity index (χ3v) is 5.21. The Bertz CT molecular complexity index is 1060.